The van der Waals surface area contributed by atoms with Crippen LogP contribution in [0.4, 0.5) is 4.39 Å². The van der Waals surface area contributed by atoms with Crippen LogP contribution in [0.1, 0.15) is 10.4 Å². The minimum atomic E-state index is -0.312. The molecule has 5 nitrogen and oxygen atoms in total. The van der Waals surface area contributed by atoms with Crippen LogP contribution < -0.4 is 10.1 Å². The number of carbonyl (C=O) groups excluding carboxylic acids is 1. The van der Waals surface area contributed by atoms with Gasteiger partial charge in [0.25, 0.3) is 0 Å². The average Bonchev–Trinajstić information content (AvgIpc) is 3.35. The van der Waals surface area contributed by atoms with Crippen LogP contribution in [-0.4, -0.2) is 29.5 Å². The first-order valence-corrected chi connectivity index (χ1v) is 10.1. The van der Waals surface area contributed by atoms with Gasteiger partial charge < -0.3 is 15.0 Å². The van der Waals surface area contributed by atoms with Gasteiger partial charge >= 0.3 is 0 Å². The lowest BCUT2D eigenvalue weighted by Gasteiger charge is -2.04. The third-order valence-electron chi connectivity index (χ3n) is 4.68. The fourth-order valence-electron chi connectivity index (χ4n) is 3.20. The number of rotatable bonds is 7. The molecule has 2 aromatic heterocycles. The Morgan fingerprint density at radius 2 is 2.14 bits per heavy atom. The summed E-state index contributed by atoms with van der Waals surface area (Å²) >= 11 is 1.33. The molecule has 1 amide bonds. The molecule has 0 atom stereocenters. The standard InChI is InChI=1S/C22H20FN3O2S/c1-28-15-6-7-20-18(10-15)14(12-25-20)8-9-24-21(27)11-16-13-26-22(29-16)17-4-2-3-5-19(17)23/h2-7,10,12-13,25H,8-9,11H2,1H3,(H,24,27). The molecular formula is C22H20FN3O2S. The molecule has 2 N–H and O–H groups in total. The molecule has 0 radical (unpaired) electrons. The Bertz CT molecular complexity index is 1150. The van der Waals surface area contributed by atoms with Crippen LogP contribution in [0.5, 0.6) is 5.75 Å². The van der Waals surface area contributed by atoms with Gasteiger partial charge in [-0.25, -0.2) is 9.37 Å². The van der Waals surface area contributed by atoms with E-state index in [1.54, 1.807) is 31.5 Å². The predicted octanol–water partition coefficient (Wildman–Crippen LogP) is 4.34. The van der Waals surface area contributed by atoms with E-state index in [0.717, 1.165) is 27.1 Å². The molecule has 2 aromatic carbocycles. The molecule has 4 aromatic rings. The molecule has 0 aliphatic rings. The minimum absolute atomic E-state index is 0.0776. The summed E-state index contributed by atoms with van der Waals surface area (Å²) in [7, 11) is 1.64. The predicted molar refractivity (Wildman–Crippen MR) is 113 cm³/mol. The number of aromatic nitrogens is 2. The summed E-state index contributed by atoms with van der Waals surface area (Å²) < 4.78 is 19.2. The summed E-state index contributed by atoms with van der Waals surface area (Å²) in [4.78, 5) is 20.6. The van der Waals surface area contributed by atoms with Gasteiger partial charge in [0, 0.05) is 40.3 Å². The maximum atomic E-state index is 13.9. The van der Waals surface area contributed by atoms with Gasteiger partial charge in [-0.1, -0.05) is 12.1 Å². The van der Waals surface area contributed by atoms with Crippen LogP contribution in [0.2, 0.25) is 0 Å². The van der Waals surface area contributed by atoms with Crippen molar-refractivity contribution in [3.05, 3.63) is 71.1 Å². The summed E-state index contributed by atoms with van der Waals surface area (Å²) in [6.07, 6.45) is 4.54. The number of benzene rings is 2. The van der Waals surface area contributed by atoms with Crippen molar-refractivity contribution in [2.24, 2.45) is 0 Å². The van der Waals surface area contributed by atoms with Crippen molar-refractivity contribution >= 4 is 28.1 Å². The van der Waals surface area contributed by atoms with Crippen molar-refractivity contribution in [3.63, 3.8) is 0 Å². The Labute approximate surface area is 171 Å². The highest BCUT2D eigenvalue weighted by molar-refractivity contribution is 7.15. The van der Waals surface area contributed by atoms with Gasteiger partial charge in [-0.2, -0.15) is 0 Å². The maximum absolute atomic E-state index is 13.9. The van der Waals surface area contributed by atoms with E-state index in [4.69, 9.17) is 4.74 Å². The number of H-pyrrole nitrogens is 1. The zero-order valence-corrected chi connectivity index (χ0v) is 16.7. The normalized spacial score (nSPS) is 11.0. The number of thiazole rings is 1. The fraction of sp³-hybridized carbons (Fsp3) is 0.182. The molecular weight excluding hydrogens is 389 g/mol. The first kappa shape index (κ1) is 19.1. The molecule has 0 aliphatic heterocycles. The fourth-order valence-corrected chi connectivity index (χ4v) is 4.13. The second kappa shape index (κ2) is 8.45. The third kappa shape index (κ3) is 4.30. The molecule has 29 heavy (non-hydrogen) atoms. The number of ether oxygens (including phenoxy) is 1. The maximum Gasteiger partial charge on any atom is 0.225 e. The third-order valence-corrected chi connectivity index (χ3v) is 5.71. The number of amides is 1. The van der Waals surface area contributed by atoms with E-state index in [9.17, 15) is 9.18 Å². The Morgan fingerprint density at radius 3 is 2.97 bits per heavy atom. The zero-order valence-electron chi connectivity index (χ0n) is 15.9. The lowest BCUT2D eigenvalue weighted by molar-refractivity contribution is -0.120. The number of aromatic amines is 1. The molecule has 4 rings (SSSR count). The number of methoxy groups -OCH3 is 1. The Morgan fingerprint density at radius 1 is 1.28 bits per heavy atom. The molecule has 0 unspecified atom stereocenters. The summed E-state index contributed by atoms with van der Waals surface area (Å²) in [5.41, 5.74) is 2.62. The van der Waals surface area contributed by atoms with E-state index < -0.39 is 0 Å². The number of fused-ring (bicyclic) bond motifs is 1. The highest BCUT2D eigenvalue weighted by Gasteiger charge is 2.12. The van der Waals surface area contributed by atoms with Crippen molar-refractivity contribution in [2.75, 3.05) is 13.7 Å². The SMILES string of the molecule is COc1ccc2[nH]cc(CCNC(=O)Cc3cnc(-c4ccccc4F)s3)c2c1. The number of hydrogen-bond acceptors (Lipinski definition) is 4. The average molecular weight is 409 g/mol. The monoisotopic (exact) mass is 409 g/mol. The van der Waals surface area contributed by atoms with Gasteiger partial charge in [-0.3, -0.25) is 4.79 Å². The second-order valence-electron chi connectivity index (χ2n) is 6.61. The summed E-state index contributed by atoms with van der Waals surface area (Å²) in [5.74, 6) is 0.414. The highest BCUT2D eigenvalue weighted by atomic mass is 32.1. The second-order valence-corrected chi connectivity index (χ2v) is 7.73. The number of hydrogen-bond donors (Lipinski definition) is 2. The molecule has 148 valence electrons. The quantitative estimate of drug-likeness (QED) is 0.477. The van der Waals surface area contributed by atoms with Crippen molar-refractivity contribution in [1.82, 2.24) is 15.3 Å². The van der Waals surface area contributed by atoms with E-state index >= 15 is 0 Å². The van der Waals surface area contributed by atoms with Crippen LogP contribution in [0.3, 0.4) is 0 Å². The molecule has 0 bridgehead atoms. The van der Waals surface area contributed by atoms with Gasteiger partial charge in [-0.15, -0.1) is 11.3 Å². The zero-order chi connectivity index (χ0) is 20.2. The topological polar surface area (TPSA) is 67.0 Å². The molecule has 0 saturated carbocycles. The van der Waals surface area contributed by atoms with E-state index in [1.807, 2.05) is 24.4 Å². The molecule has 7 heteroatoms. The molecule has 0 aliphatic carbocycles. The Kier molecular flexibility index (Phi) is 5.57. The highest BCUT2D eigenvalue weighted by Crippen LogP contribution is 2.27. The summed E-state index contributed by atoms with van der Waals surface area (Å²) in [6, 6.07) is 12.4. The number of nitrogens with one attached hydrogen (secondary N) is 2. The molecule has 0 fully saturated rings. The number of nitrogens with zero attached hydrogens (tertiary/aromatic N) is 1. The summed E-state index contributed by atoms with van der Waals surface area (Å²) in [5, 5.41) is 4.62. The van der Waals surface area contributed by atoms with Crippen molar-refractivity contribution in [2.45, 2.75) is 12.8 Å². The van der Waals surface area contributed by atoms with Gasteiger partial charge in [0.2, 0.25) is 5.91 Å². The van der Waals surface area contributed by atoms with Gasteiger partial charge in [-0.05, 0) is 42.3 Å². The van der Waals surface area contributed by atoms with Crippen molar-refractivity contribution in [1.29, 1.82) is 0 Å². The van der Waals surface area contributed by atoms with E-state index in [-0.39, 0.29) is 18.1 Å². The van der Waals surface area contributed by atoms with E-state index in [2.05, 4.69) is 15.3 Å². The van der Waals surface area contributed by atoms with Crippen LogP contribution in [-0.2, 0) is 17.6 Å². The van der Waals surface area contributed by atoms with E-state index in [1.165, 1.54) is 17.4 Å². The van der Waals surface area contributed by atoms with E-state index in [0.29, 0.717) is 23.5 Å². The molecule has 0 spiro atoms. The molecule has 2 heterocycles. The Hall–Kier alpha value is -3.19. The first-order valence-electron chi connectivity index (χ1n) is 9.24. The van der Waals surface area contributed by atoms with Gasteiger partial charge in [0.1, 0.15) is 16.6 Å². The van der Waals surface area contributed by atoms with Crippen LogP contribution >= 0.6 is 11.3 Å². The lowest BCUT2D eigenvalue weighted by atomic mass is 10.1. The van der Waals surface area contributed by atoms with Crippen LogP contribution in [0.15, 0.2) is 54.9 Å². The van der Waals surface area contributed by atoms with Crippen LogP contribution in [0, 0.1) is 5.82 Å². The molecule has 0 saturated heterocycles. The van der Waals surface area contributed by atoms with Gasteiger partial charge in [0.15, 0.2) is 0 Å². The van der Waals surface area contributed by atoms with Crippen LogP contribution in [0.25, 0.3) is 21.5 Å². The van der Waals surface area contributed by atoms with Crippen molar-refractivity contribution in [3.8, 4) is 16.3 Å². The number of carbonyl (C=O) groups is 1. The minimum Gasteiger partial charge on any atom is -0.497 e. The smallest absolute Gasteiger partial charge is 0.225 e. The summed E-state index contributed by atoms with van der Waals surface area (Å²) in [6.45, 7) is 0.530. The van der Waals surface area contributed by atoms with Gasteiger partial charge in [0.05, 0.1) is 13.5 Å². The van der Waals surface area contributed by atoms with Crippen molar-refractivity contribution < 1.29 is 13.9 Å². The Balaban J connectivity index is 1.34. The number of halogens is 1. The first-order chi connectivity index (χ1) is 14.1. The lowest BCUT2D eigenvalue weighted by Crippen LogP contribution is -2.26. The largest absolute Gasteiger partial charge is 0.497 e.